The topological polar surface area (TPSA) is 14.2 Å². The van der Waals surface area contributed by atoms with E-state index in [1.165, 1.54) is 30.2 Å². The summed E-state index contributed by atoms with van der Waals surface area (Å²) in [4.78, 5) is 0. The Morgan fingerprint density at radius 3 is 2.78 bits per heavy atom. The van der Waals surface area contributed by atoms with E-state index in [2.05, 4.69) is 54.9 Å². The fourth-order valence-corrected chi connectivity index (χ4v) is 2.28. The molecule has 2 rings (SSSR count). The van der Waals surface area contributed by atoms with Gasteiger partial charge in [0.15, 0.2) is 0 Å². The van der Waals surface area contributed by atoms with Crippen LogP contribution in [0.1, 0.15) is 45.8 Å². The van der Waals surface area contributed by atoms with Crippen LogP contribution in [0.25, 0.3) is 10.9 Å². The molecular weight excluding hydrogens is 222 g/mol. The van der Waals surface area contributed by atoms with Gasteiger partial charge in [-0.05, 0) is 30.9 Å². The van der Waals surface area contributed by atoms with Crippen LogP contribution >= 0.6 is 0 Å². The van der Waals surface area contributed by atoms with E-state index in [1.54, 1.807) is 0 Å². The number of benzene rings is 1. The number of hydrogen-bond acceptors (Lipinski definition) is 1. The first-order valence-electron chi connectivity index (χ1n) is 7.00. The van der Waals surface area contributed by atoms with E-state index in [9.17, 15) is 0 Å². The van der Waals surface area contributed by atoms with Gasteiger partial charge in [0, 0.05) is 12.8 Å². The van der Waals surface area contributed by atoms with Crippen LogP contribution in [0.4, 0.5) is 0 Å². The quantitative estimate of drug-likeness (QED) is 0.642. The predicted molar refractivity (Wildman–Crippen MR) is 76.7 cm³/mol. The summed E-state index contributed by atoms with van der Waals surface area (Å²) in [5, 5.41) is 1.28. The molecule has 0 radical (unpaired) electrons. The molecule has 1 atom stereocenters. The standard InChI is InChI=1S/C16H23NO/c1-3-4-5-8-13-18-14(2)17-12-11-15-9-6-7-10-16(15)17/h6-7,9-12,14H,3-5,8,13H2,1-2H3. The zero-order chi connectivity index (χ0) is 12.8. The van der Waals surface area contributed by atoms with Crippen molar-refractivity contribution in [2.24, 2.45) is 0 Å². The maximum atomic E-state index is 5.90. The van der Waals surface area contributed by atoms with Crippen LogP contribution in [0.3, 0.4) is 0 Å². The fraction of sp³-hybridized carbons (Fsp3) is 0.500. The van der Waals surface area contributed by atoms with E-state index < -0.39 is 0 Å². The number of para-hydroxylation sites is 1. The third-order valence-electron chi connectivity index (χ3n) is 3.38. The lowest BCUT2D eigenvalue weighted by Crippen LogP contribution is -2.09. The summed E-state index contributed by atoms with van der Waals surface area (Å²) in [6.07, 6.45) is 7.25. The summed E-state index contributed by atoms with van der Waals surface area (Å²) < 4.78 is 8.11. The van der Waals surface area contributed by atoms with Crippen LogP contribution in [0, 0.1) is 0 Å². The first kappa shape index (κ1) is 13.2. The number of rotatable bonds is 7. The summed E-state index contributed by atoms with van der Waals surface area (Å²) in [6, 6.07) is 10.6. The number of fused-ring (bicyclic) bond motifs is 1. The summed E-state index contributed by atoms with van der Waals surface area (Å²) in [6.45, 7) is 5.20. The lowest BCUT2D eigenvalue weighted by atomic mass is 10.2. The molecule has 1 unspecified atom stereocenters. The molecule has 0 saturated carbocycles. The van der Waals surface area contributed by atoms with Gasteiger partial charge >= 0.3 is 0 Å². The van der Waals surface area contributed by atoms with E-state index in [0.717, 1.165) is 13.0 Å². The molecule has 0 aliphatic carbocycles. The normalized spacial score (nSPS) is 13.0. The van der Waals surface area contributed by atoms with Crippen LogP contribution in [-0.2, 0) is 4.74 Å². The van der Waals surface area contributed by atoms with Crippen molar-refractivity contribution in [3.8, 4) is 0 Å². The van der Waals surface area contributed by atoms with Crippen molar-refractivity contribution in [3.05, 3.63) is 36.5 Å². The minimum absolute atomic E-state index is 0.117. The molecule has 0 amide bonds. The van der Waals surface area contributed by atoms with Gasteiger partial charge in [-0.1, -0.05) is 44.4 Å². The Kier molecular flexibility index (Phi) is 4.82. The molecule has 2 aromatic rings. The van der Waals surface area contributed by atoms with Crippen molar-refractivity contribution in [2.45, 2.75) is 45.8 Å². The molecule has 0 N–H and O–H groups in total. The Morgan fingerprint density at radius 2 is 1.94 bits per heavy atom. The second-order valence-electron chi connectivity index (χ2n) is 4.81. The zero-order valence-electron chi connectivity index (χ0n) is 11.4. The number of unbranched alkanes of at least 4 members (excludes halogenated alkanes) is 3. The summed E-state index contributed by atoms with van der Waals surface area (Å²) in [7, 11) is 0. The molecule has 1 aromatic heterocycles. The summed E-state index contributed by atoms with van der Waals surface area (Å²) >= 11 is 0. The smallest absolute Gasteiger partial charge is 0.131 e. The van der Waals surface area contributed by atoms with Crippen LogP contribution < -0.4 is 0 Å². The van der Waals surface area contributed by atoms with Crippen molar-refractivity contribution < 1.29 is 4.74 Å². The molecule has 98 valence electrons. The van der Waals surface area contributed by atoms with Gasteiger partial charge in [-0.2, -0.15) is 0 Å². The Balaban J connectivity index is 1.90. The average Bonchev–Trinajstić information content (AvgIpc) is 2.82. The van der Waals surface area contributed by atoms with Crippen LogP contribution in [-0.4, -0.2) is 11.2 Å². The molecule has 2 heteroatoms. The molecule has 0 aliphatic heterocycles. The van der Waals surface area contributed by atoms with Crippen molar-refractivity contribution in [1.82, 2.24) is 4.57 Å². The van der Waals surface area contributed by atoms with E-state index >= 15 is 0 Å². The van der Waals surface area contributed by atoms with E-state index in [1.807, 2.05) is 0 Å². The van der Waals surface area contributed by atoms with Gasteiger partial charge < -0.3 is 9.30 Å². The zero-order valence-corrected chi connectivity index (χ0v) is 11.4. The highest BCUT2D eigenvalue weighted by atomic mass is 16.5. The first-order chi connectivity index (χ1) is 8.83. The van der Waals surface area contributed by atoms with Gasteiger partial charge in [0.05, 0.1) is 5.52 Å². The van der Waals surface area contributed by atoms with Gasteiger partial charge in [0.2, 0.25) is 0 Å². The third-order valence-corrected chi connectivity index (χ3v) is 3.38. The number of aromatic nitrogens is 1. The molecule has 0 aliphatic rings. The maximum Gasteiger partial charge on any atom is 0.131 e. The first-order valence-corrected chi connectivity index (χ1v) is 7.00. The summed E-state index contributed by atoms with van der Waals surface area (Å²) in [5.41, 5.74) is 1.25. The van der Waals surface area contributed by atoms with Crippen molar-refractivity contribution in [3.63, 3.8) is 0 Å². The van der Waals surface area contributed by atoms with E-state index in [-0.39, 0.29) is 6.23 Å². The van der Waals surface area contributed by atoms with E-state index in [0.29, 0.717) is 0 Å². The lowest BCUT2D eigenvalue weighted by molar-refractivity contribution is 0.0171. The maximum absolute atomic E-state index is 5.90. The van der Waals surface area contributed by atoms with Gasteiger partial charge in [-0.25, -0.2) is 0 Å². The highest BCUT2D eigenvalue weighted by Gasteiger charge is 2.07. The number of nitrogens with zero attached hydrogens (tertiary/aromatic N) is 1. The third kappa shape index (κ3) is 3.14. The molecule has 0 fully saturated rings. The highest BCUT2D eigenvalue weighted by Crippen LogP contribution is 2.20. The molecular formula is C16H23NO. The second kappa shape index (κ2) is 6.60. The monoisotopic (exact) mass is 245 g/mol. The summed E-state index contributed by atoms with van der Waals surface area (Å²) in [5.74, 6) is 0. The van der Waals surface area contributed by atoms with Crippen molar-refractivity contribution in [1.29, 1.82) is 0 Å². The average molecular weight is 245 g/mol. The van der Waals surface area contributed by atoms with Gasteiger partial charge in [-0.15, -0.1) is 0 Å². The molecule has 2 nitrogen and oxygen atoms in total. The predicted octanol–water partition coefficient (Wildman–Crippen LogP) is 4.76. The number of ether oxygens (including phenoxy) is 1. The van der Waals surface area contributed by atoms with Crippen molar-refractivity contribution >= 4 is 10.9 Å². The van der Waals surface area contributed by atoms with Crippen molar-refractivity contribution in [2.75, 3.05) is 6.61 Å². The SMILES string of the molecule is CCCCCCOC(C)n1ccc2ccccc21. The Hall–Kier alpha value is -1.28. The Morgan fingerprint density at radius 1 is 1.11 bits per heavy atom. The van der Waals surface area contributed by atoms with Gasteiger partial charge in [-0.3, -0.25) is 0 Å². The molecule has 0 bridgehead atoms. The fourth-order valence-electron chi connectivity index (χ4n) is 2.28. The number of hydrogen-bond donors (Lipinski definition) is 0. The van der Waals surface area contributed by atoms with Crippen LogP contribution in [0.5, 0.6) is 0 Å². The minimum Gasteiger partial charge on any atom is -0.358 e. The molecule has 18 heavy (non-hydrogen) atoms. The molecule has 1 aromatic carbocycles. The Labute approximate surface area is 110 Å². The minimum atomic E-state index is 0.117. The Bertz CT molecular complexity index is 475. The van der Waals surface area contributed by atoms with Crippen LogP contribution in [0.2, 0.25) is 0 Å². The van der Waals surface area contributed by atoms with Crippen LogP contribution in [0.15, 0.2) is 36.5 Å². The second-order valence-corrected chi connectivity index (χ2v) is 4.81. The molecule has 0 spiro atoms. The highest BCUT2D eigenvalue weighted by molar-refractivity contribution is 5.79. The van der Waals surface area contributed by atoms with Gasteiger partial charge in [0.25, 0.3) is 0 Å². The molecule has 1 heterocycles. The largest absolute Gasteiger partial charge is 0.358 e. The van der Waals surface area contributed by atoms with Gasteiger partial charge in [0.1, 0.15) is 6.23 Å². The van der Waals surface area contributed by atoms with E-state index in [4.69, 9.17) is 4.74 Å². The molecule has 0 saturated heterocycles. The lowest BCUT2D eigenvalue weighted by Gasteiger charge is -2.16.